The lowest BCUT2D eigenvalue weighted by Gasteiger charge is -2.31. The highest BCUT2D eigenvalue weighted by molar-refractivity contribution is 7.90. The fraction of sp³-hybridized carbons (Fsp3) is 0.571. The van der Waals surface area contributed by atoms with Crippen LogP contribution in [0.15, 0.2) is 29.2 Å². The first-order chi connectivity index (χ1) is 8.93. The van der Waals surface area contributed by atoms with Crippen molar-refractivity contribution in [3.05, 3.63) is 24.3 Å². The van der Waals surface area contributed by atoms with E-state index >= 15 is 0 Å². The molecule has 0 radical (unpaired) electrons. The van der Waals surface area contributed by atoms with E-state index in [0.717, 1.165) is 18.7 Å². The third-order valence-corrected chi connectivity index (χ3v) is 5.22. The van der Waals surface area contributed by atoms with E-state index in [-0.39, 0.29) is 0 Å². The van der Waals surface area contributed by atoms with Crippen molar-refractivity contribution in [2.24, 2.45) is 11.7 Å². The monoisotopic (exact) mass is 282 g/mol. The Morgan fingerprint density at radius 3 is 2.42 bits per heavy atom. The average Bonchev–Trinajstić information content (AvgIpc) is 2.85. The lowest BCUT2D eigenvalue weighted by Crippen LogP contribution is -2.37. The molecule has 0 amide bonds. The van der Waals surface area contributed by atoms with E-state index in [1.165, 1.54) is 19.1 Å². The maximum Gasteiger partial charge on any atom is 0.175 e. The van der Waals surface area contributed by atoms with Crippen molar-refractivity contribution in [2.75, 3.05) is 24.7 Å². The van der Waals surface area contributed by atoms with Gasteiger partial charge in [0.1, 0.15) is 0 Å². The Morgan fingerprint density at radius 1 is 1.26 bits per heavy atom. The number of hydrogen-bond donors (Lipinski definition) is 1. The smallest absolute Gasteiger partial charge is 0.175 e. The number of rotatable bonds is 4. The molecule has 0 bridgehead atoms. The minimum atomic E-state index is -3.12. The normalized spacial score (nSPS) is 23.5. The van der Waals surface area contributed by atoms with E-state index < -0.39 is 9.84 Å². The summed E-state index contributed by atoms with van der Waals surface area (Å²) in [6.45, 7) is 0.719. The molecule has 0 aromatic heterocycles. The predicted molar refractivity (Wildman–Crippen MR) is 78.1 cm³/mol. The summed E-state index contributed by atoms with van der Waals surface area (Å²) in [6.07, 6.45) is 4.80. The van der Waals surface area contributed by atoms with Gasteiger partial charge in [0.25, 0.3) is 0 Å². The highest BCUT2D eigenvalue weighted by atomic mass is 32.2. The summed E-state index contributed by atoms with van der Waals surface area (Å²) in [5, 5.41) is 0. The Bertz CT molecular complexity index is 525. The summed E-state index contributed by atoms with van der Waals surface area (Å²) in [6, 6.07) is 7.57. The fourth-order valence-electron chi connectivity index (χ4n) is 2.92. The minimum Gasteiger partial charge on any atom is -0.371 e. The lowest BCUT2D eigenvalue weighted by molar-refractivity contribution is 0.474. The molecule has 0 aliphatic heterocycles. The van der Waals surface area contributed by atoms with Gasteiger partial charge >= 0.3 is 0 Å². The second-order valence-corrected chi connectivity index (χ2v) is 7.39. The molecule has 2 atom stereocenters. The molecule has 0 saturated heterocycles. The van der Waals surface area contributed by atoms with Crippen LogP contribution in [0.25, 0.3) is 0 Å². The van der Waals surface area contributed by atoms with E-state index in [1.54, 1.807) is 12.1 Å². The Kier molecular flexibility index (Phi) is 4.16. The summed E-state index contributed by atoms with van der Waals surface area (Å²) in [5.74, 6) is 0.541. The van der Waals surface area contributed by atoms with Crippen LogP contribution in [0.3, 0.4) is 0 Å². The van der Waals surface area contributed by atoms with Crippen LogP contribution >= 0.6 is 0 Å². The van der Waals surface area contributed by atoms with Gasteiger partial charge in [0.05, 0.1) is 4.90 Å². The van der Waals surface area contributed by atoms with Gasteiger partial charge in [0, 0.05) is 25.0 Å². The Hall–Kier alpha value is -1.07. The van der Waals surface area contributed by atoms with Crippen molar-refractivity contribution in [3.8, 4) is 0 Å². The number of anilines is 1. The third-order valence-electron chi connectivity index (χ3n) is 4.09. The maximum absolute atomic E-state index is 11.4. The number of sulfone groups is 1. The van der Waals surface area contributed by atoms with Crippen molar-refractivity contribution in [1.29, 1.82) is 0 Å². The van der Waals surface area contributed by atoms with Crippen LogP contribution in [0.4, 0.5) is 5.69 Å². The molecule has 5 heteroatoms. The second-order valence-electron chi connectivity index (χ2n) is 5.37. The van der Waals surface area contributed by atoms with Gasteiger partial charge in [-0.15, -0.1) is 0 Å². The van der Waals surface area contributed by atoms with Gasteiger partial charge in [-0.25, -0.2) is 8.42 Å². The number of hydrogen-bond acceptors (Lipinski definition) is 4. The highest BCUT2D eigenvalue weighted by Crippen LogP contribution is 2.31. The van der Waals surface area contributed by atoms with E-state index in [9.17, 15) is 8.42 Å². The topological polar surface area (TPSA) is 63.4 Å². The number of nitrogens with zero attached hydrogens (tertiary/aromatic N) is 1. The molecule has 0 heterocycles. The molecule has 4 nitrogen and oxygen atoms in total. The van der Waals surface area contributed by atoms with Gasteiger partial charge < -0.3 is 10.6 Å². The van der Waals surface area contributed by atoms with Crippen molar-refractivity contribution >= 4 is 15.5 Å². The van der Waals surface area contributed by atoms with Crippen molar-refractivity contribution in [1.82, 2.24) is 0 Å². The lowest BCUT2D eigenvalue weighted by atomic mass is 10.0. The van der Waals surface area contributed by atoms with Crippen LogP contribution < -0.4 is 10.6 Å². The Labute approximate surface area is 115 Å². The SMILES string of the molecule is CN(c1ccc(S(C)(=O)=O)cc1)C1CCCC1CN. The van der Waals surface area contributed by atoms with Crippen molar-refractivity contribution in [2.45, 2.75) is 30.2 Å². The van der Waals surface area contributed by atoms with Gasteiger partial charge in [-0.05, 0) is 49.6 Å². The molecule has 2 unspecified atom stereocenters. The molecular formula is C14H22N2O2S. The highest BCUT2D eigenvalue weighted by Gasteiger charge is 2.29. The number of nitrogens with two attached hydrogens (primary N) is 1. The summed E-state index contributed by atoms with van der Waals surface area (Å²) < 4.78 is 22.9. The quantitative estimate of drug-likeness (QED) is 0.912. The number of benzene rings is 1. The molecule has 1 aromatic rings. The zero-order chi connectivity index (χ0) is 14.0. The summed E-state index contributed by atoms with van der Waals surface area (Å²) in [5.41, 5.74) is 6.87. The van der Waals surface area contributed by atoms with Gasteiger partial charge in [-0.1, -0.05) is 6.42 Å². The van der Waals surface area contributed by atoms with Crippen LogP contribution in [0.2, 0.25) is 0 Å². The molecule has 106 valence electrons. The first-order valence-electron chi connectivity index (χ1n) is 6.66. The van der Waals surface area contributed by atoms with Crippen LogP contribution in [0.1, 0.15) is 19.3 Å². The van der Waals surface area contributed by atoms with Crippen molar-refractivity contribution < 1.29 is 8.42 Å². The van der Waals surface area contributed by atoms with Gasteiger partial charge in [0.2, 0.25) is 0 Å². The molecule has 1 aliphatic rings. The molecule has 1 fully saturated rings. The molecule has 2 N–H and O–H groups in total. The van der Waals surface area contributed by atoms with E-state index in [4.69, 9.17) is 5.73 Å². The van der Waals surface area contributed by atoms with Crippen LogP contribution in [-0.4, -0.2) is 34.3 Å². The molecule has 1 saturated carbocycles. The minimum absolute atomic E-state index is 0.367. The molecule has 1 aromatic carbocycles. The standard InChI is InChI=1S/C14H22N2O2S/c1-16(14-5-3-4-11(14)10-15)12-6-8-13(9-7-12)19(2,17)18/h6-9,11,14H,3-5,10,15H2,1-2H3. The van der Waals surface area contributed by atoms with Crippen LogP contribution in [-0.2, 0) is 9.84 Å². The van der Waals surface area contributed by atoms with Crippen molar-refractivity contribution in [3.63, 3.8) is 0 Å². The average molecular weight is 282 g/mol. The summed E-state index contributed by atoms with van der Waals surface area (Å²) >= 11 is 0. The van der Waals surface area contributed by atoms with E-state index in [2.05, 4.69) is 11.9 Å². The molecule has 19 heavy (non-hydrogen) atoms. The van der Waals surface area contributed by atoms with E-state index in [0.29, 0.717) is 16.9 Å². The van der Waals surface area contributed by atoms with Crippen LogP contribution in [0, 0.1) is 5.92 Å². The Morgan fingerprint density at radius 2 is 1.89 bits per heavy atom. The van der Waals surface area contributed by atoms with E-state index in [1.807, 2.05) is 12.1 Å². The van der Waals surface area contributed by atoms with Gasteiger partial charge in [0.15, 0.2) is 9.84 Å². The summed E-state index contributed by atoms with van der Waals surface area (Å²) in [7, 11) is -1.05. The molecular weight excluding hydrogens is 260 g/mol. The Balaban J connectivity index is 2.18. The maximum atomic E-state index is 11.4. The van der Waals surface area contributed by atoms with Gasteiger partial charge in [-0.2, -0.15) is 0 Å². The first-order valence-corrected chi connectivity index (χ1v) is 8.55. The zero-order valence-corrected chi connectivity index (χ0v) is 12.4. The zero-order valence-electron chi connectivity index (χ0n) is 11.5. The second kappa shape index (κ2) is 5.51. The molecule has 2 rings (SSSR count). The first kappa shape index (κ1) is 14.3. The fourth-order valence-corrected chi connectivity index (χ4v) is 3.55. The third kappa shape index (κ3) is 3.09. The van der Waals surface area contributed by atoms with Gasteiger partial charge in [-0.3, -0.25) is 0 Å². The summed E-state index contributed by atoms with van der Waals surface area (Å²) in [4.78, 5) is 2.60. The predicted octanol–water partition coefficient (Wildman–Crippen LogP) is 1.65. The molecule has 0 spiro atoms. The molecule has 1 aliphatic carbocycles. The van der Waals surface area contributed by atoms with Crippen LogP contribution in [0.5, 0.6) is 0 Å². The largest absolute Gasteiger partial charge is 0.371 e.